The fourth-order valence-electron chi connectivity index (χ4n) is 3.50. The maximum atomic E-state index is 12.3. The maximum Gasteiger partial charge on any atom is 0.253 e. The molecule has 0 radical (unpaired) electrons. The zero-order chi connectivity index (χ0) is 16.9. The number of amides is 2. The largest absolute Gasteiger partial charge is 0.493 e. The van der Waals surface area contributed by atoms with Crippen LogP contribution in [0.5, 0.6) is 5.75 Å². The third kappa shape index (κ3) is 4.08. The highest BCUT2D eigenvalue weighted by Gasteiger charge is 2.22. The number of carbonyl (C=O) groups is 2. The molecular weight excluding hydrogens is 304 g/mol. The van der Waals surface area contributed by atoms with Crippen molar-refractivity contribution in [3.8, 4) is 5.75 Å². The Morgan fingerprint density at radius 1 is 1.04 bits per heavy atom. The lowest BCUT2D eigenvalue weighted by Crippen LogP contribution is -2.40. The van der Waals surface area contributed by atoms with Gasteiger partial charge in [-0.15, -0.1) is 0 Å². The van der Waals surface area contributed by atoms with Crippen LogP contribution in [0.25, 0.3) is 0 Å². The molecule has 2 aliphatic rings. The standard InChI is InChI=1S/C19H26N2O3/c1-15(22)21-12-4-5-16(13-21)14-24-18-8-6-17(7-9-18)19(23)20-10-2-3-11-20/h6-9,16H,2-5,10-14H2,1H3/t16-/m1/s1. The molecule has 0 unspecified atom stereocenters. The molecule has 0 N–H and O–H groups in total. The van der Waals surface area contributed by atoms with Crippen molar-refractivity contribution in [2.75, 3.05) is 32.8 Å². The Bertz CT molecular complexity index is 579. The van der Waals surface area contributed by atoms with Crippen LogP contribution in [-0.2, 0) is 4.79 Å². The molecule has 2 aliphatic heterocycles. The van der Waals surface area contributed by atoms with E-state index in [1.54, 1.807) is 6.92 Å². The van der Waals surface area contributed by atoms with Crippen molar-refractivity contribution in [2.45, 2.75) is 32.6 Å². The van der Waals surface area contributed by atoms with Gasteiger partial charge in [0.1, 0.15) is 5.75 Å². The molecule has 5 nitrogen and oxygen atoms in total. The monoisotopic (exact) mass is 330 g/mol. The van der Waals surface area contributed by atoms with Crippen molar-refractivity contribution in [3.05, 3.63) is 29.8 Å². The molecule has 1 aromatic rings. The predicted octanol–water partition coefficient (Wildman–Crippen LogP) is 2.56. The van der Waals surface area contributed by atoms with Crippen LogP contribution < -0.4 is 4.74 Å². The zero-order valence-electron chi connectivity index (χ0n) is 14.4. The quantitative estimate of drug-likeness (QED) is 0.852. The normalized spacial score (nSPS) is 21.0. The number of hydrogen-bond donors (Lipinski definition) is 0. The van der Waals surface area contributed by atoms with Gasteiger partial charge in [-0.05, 0) is 49.9 Å². The number of piperidine rings is 1. The third-order valence-corrected chi connectivity index (χ3v) is 4.94. The van der Waals surface area contributed by atoms with E-state index in [9.17, 15) is 9.59 Å². The minimum absolute atomic E-state index is 0.114. The number of likely N-dealkylation sites (tertiary alicyclic amines) is 2. The van der Waals surface area contributed by atoms with Crippen LogP contribution in [0.15, 0.2) is 24.3 Å². The molecule has 2 heterocycles. The molecule has 2 amide bonds. The van der Waals surface area contributed by atoms with E-state index >= 15 is 0 Å². The van der Waals surface area contributed by atoms with Crippen LogP contribution in [0.1, 0.15) is 43.0 Å². The molecule has 0 saturated carbocycles. The van der Waals surface area contributed by atoms with Crippen LogP contribution >= 0.6 is 0 Å². The lowest BCUT2D eigenvalue weighted by atomic mass is 9.99. The van der Waals surface area contributed by atoms with E-state index < -0.39 is 0 Å². The third-order valence-electron chi connectivity index (χ3n) is 4.94. The Morgan fingerprint density at radius 3 is 2.38 bits per heavy atom. The highest BCUT2D eigenvalue weighted by Crippen LogP contribution is 2.20. The van der Waals surface area contributed by atoms with Gasteiger partial charge in [0.15, 0.2) is 0 Å². The molecule has 24 heavy (non-hydrogen) atoms. The summed E-state index contributed by atoms with van der Waals surface area (Å²) in [5.41, 5.74) is 0.727. The summed E-state index contributed by atoms with van der Waals surface area (Å²) in [4.78, 5) is 27.6. The average Bonchev–Trinajstić information content (AvgIpc) is 3.14. The number of benzene rings is 1. The zero-order valence-corrected chi connectivity index (χ0v) is 14.4. The van der Waals surface area contributed by atoms with E-state index in [0.29, 0.717) is 12.5 Å². The van der Waals surface area contributed by atoms with Crippen LogP contribution in [0.3, 0.4) is 0 Å². The highest BCUT2D eigenvalue weighted by atomic mass is 16.5. The van der Waals surface area contributed by atoms with E-state index in [1.807, 2.05) is 34.1 Å². The lowest BCUT2D eigenvalue weighted by Gasteiger charge is -2.31. The molecular formula is C19H26N2O3. The molecule has 1 atom stereocenters. The minimum atomic E-state index is 0.114. The first kappa shape index (κ1) is 16.8. The highest BCUT2D eigenvalue weighted by molar-refractivity contribution is 5.94. The molecule has 3 rings (SSSR count). The van der Waals surface area contributed by atoms with Crippen LogP contribution in [0, 0.1) is 5.92 Å². The summed E-state index contributed by atoms with van der Waals surface area (Å²) in [6.07, 6.45) is 4.34. The Labute approximate surface area is 143 Å². The van der Waals surface area contributed by atoms with Gasteiger partial charge in [0, 0.05) is 44.6 Å². The molecule has 2 fully saturated rings. The Morgan fingerprint density at radius 2 is 1.71 bits per heavy atom. The van der Waals surface area contributed by atoms with Crippen molar-refractivity contribution in [1.82, 2.24) is 9.80 Å². The second-order valence-electron chi connectivity index (χ2n) is 6.81. The van der Waals surface area contributed by atoms with Gasteiger partial charge in [0.05, 0.1) is 6.61 Å². The van der Waals surface area contributed by atoms with E-state index in [0.717, 1.165) is 63.2 Å². The van der Waals surface area contributed by atoms with E-state index in [2.05, 4.69) is 0 Å². The minimum Gasteiger partial charge on any atom is -0.493 e. The Kier molecular flexibility index (Phi) is 5.38. The molecule has 130 valence electrons. The summed E-state index contributed by atoms with van der Waals surface area (Å²) in [7, 11) is 0. The predicted molar refractivity (Wildman–Crippen MR) is 92.1 cm³/mol. The second-order valence-corrected chi connectivity index (χ2v) is 6.81. The van der Waals surface area contributed by atoms with Crippen molar-refractivity contribution in [1.29, 1.82) is 0 Å². The fraction of sp³-hybridized carbons (Fsp3) is 0.579. The van der Waals surface area contributed by atoms with Gasteiger partial charge in [-0.3, -0.25) is 9.59 Å². The van der Waals surface area contributed by atoms with Gasteiger partial charge in [-0.25, -0.2) is 0 Å². The van der Waals surface area contributed by atoms with Crippen molar-refractivity contribution in [3.63, 3.8) is 0 Å². The first-order valence-corrected chi connectivity index (χ1v) is 8.91. The van der Waals surface area contributed by atoms with Crippen LogP contribution in [0.2, 0.25) is 0 Å². The van der Waals surface area contributed by atoms with Crippen molar-refractivity contribution in [2.24, 2.45) is 5.92 Å². The summed E-state index contributed by atoms with van der Waals surface area (Å²) in [6, 6.07) is 7.43. The average molecular weight is 330 g/mol. The number of carbonyl (C=O) groups excluding carboxylic acids is 2. The van der Waals surface area contributed by atoms with Gasteiger partial charge in [-0.1, -0.05) is 0 Å². The summed E-state index contributed by atoms with van der Waals surface area (Å²) >= 11 is 0. The number of ether oxygens (including phenoxy) is 1. The van der Waals surface area contributed by atoms with Crippen LogP contribution in [0.4, 0.5) is 0 Å². The van der Waals surface area contributed by atoms with E-state index in [-0.39, 0.29) is 11.8 Å². The van der Waals surface area contributed by atoms with Gasteiger partial charge in [-0.2, -0.15) is 0 Å². The number of rotatable bonds is 4. The van der Waals surface area contributed by atoms with E-state index in [4.69, 9.17) is 4.74 Å². The Hall–Kier alpha value is -2.04. The van der Waals surface area contributed by atoms with Crippen LogP contribution in [-0.4, -0.2) is 54.4 Å². The topological polar surface area (TPSA) is 49.9 Å². The molecule has 0 aliphatic carbocycles. The van der Waals surface area contributed by atoms with Gasteiger partial charge < -0.3 is 14.5 Å². The smallest absolute Gasteiger partial charge is 0.253 e. The Balaban J connectivity index is 1.51. The molecule has 5 heteroatoms. The number of hydrogen-bond acceptors (Lipinski definition) is 3. The SMILES string of the molecule is CC(=O)N1CCC[C@@H](COc2ccc(C(=O)N3CCCC3)cc2)C1. The second kappa shape index (κ2) is 7.69. The van der Waals surface area contributed by atoms with E-state index in [1.165, 1.54) is 0 Å². The molecule has 0 spiro atoms. The maximum absolute atomic E-state index is 12.3. The molecule has 2 saturated heterocycles. The van der Waals surface area contributed by atoms with Crippen molar-refractivity contribution >= 4 is 11.8 Å². The fourth-order valence-corrected chi connectivity index (χ4v) is 3.50. The molecule has 0 aromatic heterocycles. The molecule has 0 bridgehead atoms. The summed E-state index contributed by atoms with van der Waals surface area (Å²) in [6.45, 7) is 5.61. The molecule has 1 aromatic carbocycles. The first-order valence-electron chi connectivity index (χ1n) is 8.91. The summed E-state index contributed by atoms with van der Waals surface area (Å²) in [5.74, 6) is 1.43. The summed E-state index contributed by atoms with van der Waals surface area (Å²) in [5, 5.41) is 0. The summed E-state index contributed by atoms with van der Waals surface area (Å²) < 4.78 is 5.87. The van der Waals surface area contributed by atoms with Gasteiger partial charge in [0.2, 0.25) is 5.91 Å². The van der Waals surface area contributed by atoms with Crippen molar-refractivity contribution < 1.29 is 14.3 Å². The first-order chi connectivity index (χ1) is 11.6. The van der Waals surface area contributed by atoms with Gasteiger partial charge in [0.25, 0.3) is 5.91 Å². The van der Waals surface area contributed by atoms with Gasteiger partial charge >= 0.3 is 0 Å². The lowest BCUT2D eigenvalue weighted by molar-refractivity contribution is -0.130. The number of nitrogens with zero attached hydrogens (tertiary/aromatic N) is 2.